The van der Waals surface area contributed by atoms with E-state index >= 15 is 0 Å². The van der Waals surface area contributed by atoms with Crippen LogP contribution in [0.1, 0.15) is 51.9 Å². The summed E-state index contributed by atoms with van der Waals surface area (Å²) in [5.41, 5.74) is 0. The van der Waals surface area contributed by atoms with Gasteiger partial charge in [-0.3, -0.25) is 9.69 Å². The molecule has 0 radical (unpaired) electrons. The molecule has 4 heteroatoms. The van der Waals surface area contributed by atoms with Crippen molar-refractivity contribution in [3.8, 4) is 0 Å². The molecular weight excluding hydrogens is 240 g/mol. The van der Waals surface area contributed by atoms with Crippen LogP contribution >= 0.6 is 0 Å². The molecule has 0 aromatic heterocycles. The molecule has 2 saturated heterocycles. The van der Waals surface area contributed by atoms with Gasteiger partial charge >= 0.3 is 5.97 Å². The number of piperidine rings is 2. The van der Waals surface area contributed by atoms with Gasteiger partial charge in [-0.05, 0) is 58.3 Å². The van der Waals surface area contributed by atoms with Crippen LogP contribution in [0.25, 0.3) is 0 Å². The van der Waals surface area contributed by atoms with E-state index in [0.717, 1.165) is 13.0 Å². The van der Waals surface area contributed by atoms with Gasteiger partial charge in [0.1, 0.15) is 0 Å². The average molecular weight is 268 g/mol. The van der Waals surface area contributed by atoms with Crippen molar-refractivity contribution >= 4 is 5.97 Å². The number of hydrogen-bond donors (Lipinski definition) is 1. The van der Waals surface area contributed by atoms with Crippen molar-refractivity contribution in [3.63, 3.8) is 0 Å². The molecule has 1 N–H and O–H groups in total. The molecule has 2 rings (SSSR count). The normalized spacial score (nSPS) is 27.5. The van der Waals surface area contributed by atoms with Gasteiger partial charge in [0.15, 0.2) is 0 Å². The number of aliphatic carboxylic acids is 1. The highest BCUT2D eigenvalue weighted by molar-refractivity contribution is 5.67. The first-order valence-corrected chi connectivity index (χ1v) is 7.90. The maximum Gasteiger partial charge on any atom is 0.304 e. The van der Waals surface area contributed by atoms with Crippen LogP contribution < -0.4 is 0 Å². The summed E-state index contributed by atoms with van der Waals surface area (Å²) in [5, 5.41) is 9.06. The van der Waals surface area contributed by atoms with E-state index in [9.17, 15) is 4.79 Å². The van der Waals surface area contributed by atoms with E-state index in [4.69, 9.17) is 5.11 Å². The Kier molecular flexibility index (Phi) is 5.64. The highest BCUT2D eigenvalue weighted by atomic mass is 16.4. The quantitative estimate of drug-likeness (QED) is 0.830. The van der Waals surface area contributed by atoms with Crippen molar-refractivity contribution in [1.29, 1.82) is 0 Å². The second kappa shape index (κ2) is 7.25. The van der Waals surface area contributed by atoms with E-state index in [-0.39, 0.29) is 6.04 Å². The number of carboxylic acids is 1. The lowest BCUT2D eigenvalue weighted by Gasteiger charge is -2.44. The molecule has 2 fully saturated rings. The van der Waals surface area contributed by atoms with Crippen LogP contribution in [-0.4, -0.2) is 59.1 Å². The Labute approximate surface area is 116 Å². The minimum atomic E-state index is -0.639. The van der Waals surface area contributed by atoms with Crippen LogP contribution in [0.3, 0.4) is 0 Å². The van der Waals surface area contributed by atoms with Gasteiger partial charge in [-0.25, -0.2) is 0 Å². The fraction of sp³-hybridized carbons (Fsp3) is 0.933. The topological polar surface area (TPSA) is 43.8 Å². The fourth-order valence-electron chi connectivity index (χ4n) is 3.72. The van der Waals surface area contributed by atoms with Crippen LogP contribution in [0.4, 0.5) is 0 Å². The average Bonchev–Trinajstić information content (AvgIpc) is 2.40. The molecule has 19 heavy (non-hydrogen) atoms. The zero-order valence-corrected chi connectivity index (χ0v) is 12.2. The van der Waals surface area contributed by atoms with Crippen molar-refractivity contribution in [2.75, 3.05) is 26.2 Å². The fourth-order valence-corrected chi connectivity index (χ4v) is 3.72. The van der Waals surface area contributed by atoms with Crippen molar-refractivity contribution < 1.29 is 9.90 Å². The molecule has 2 aliphatic rings. The van der Waals surface area contributed by atoms with Gasteiger partial charge in [-0.1, -0.05) is 13.3 Å². The first-order valence-electron chi connectivity index (χ1n) is 7.90. The van der Waals surface area contributed by atoms with Gasteiger partial charge in [-0.15, -0.1) is 0 Å². The van der Waals surface area contributed by atoms with E-state index in [2.05, 4.69) is 16.7 Å². The van der Waals surface area contributed by atoms with Gasteiger partial charge in [0.25, 0.3) is 0 Å². The summed E-state index contributed by atoms with van der Waals surface area (Å²) in [6.07, 6.45) is 7.51. The Morgan fingerprint density at radius 1 is 1.16 bits per heavy atom. The van der Waals surface area contributed by atoms with Crippen LogP contribution in [0.15, 0.2) is 0 Å². The van der Waals surface area contributed by atoms with Crippen molar-refractivity contribution in [3.05, 3.63) is 0 Å². The molecule has 110 valence electrons. The number of nitrogens with zero attached hydrogens (tertiary/aromatic N) is 2. The molecule has 1 atom stereocenters. The Morgan fingerprint density at radius 2 is 1.89 bits per heavy atom. The van der Waals surface area contributed by atoms with Crippen molar-refractivity contribution in [2.24, 2.45) is 0 Å². The van der Waals surface area contributed by atoms with Gasteiger partial charge in [0.2, 0.25) is 0 Å². The first kappa shape index (κ1) is 14.8. The summed E-state index contributed by atoms with van der Waals surface area (Å²) >= 11 is 0. The summed E-state index contributed by atoms with van der Waals surface area (Å²) in [5.74, 6) is -0.639. The molecule has 0 aromatic carbocycles. The highest BCUT2D eigenvalue weighted by Crippen LogP contribution is 2.27. The first-order chi connectivity index (χ1) is 9.20. The summed E-state index contributed by atoms with van der Waals surface area (Å²) in [6, 6.07) is 0.909. The monoisotopic (exact) mass is 268 g/mol. The summed E-state index contributed by atoms with van der Waals surface area (Å²) < 4.78 is 0. The minimum Gasteiger partial charge on any atom is -0.481 e. The number of likely N-dealkylation sites (tertiary alicyclic amines) is 2. The van der Waals surface area contributed by atoms with Gasteiger partial charge in [-0.2, -0.15) is 0 Å². The van der Waals surface area contributed by atoms with E-state index in [0.29, 0.717) is 12.5 Å². The second-order valence-corrected chi connectivity index (χ2v) is 6.06. The van der Waals surface area contributed by atoms with E-state index in [1.807, 2.05) is 0 Å². The second-order valence-electron chi connectivity index (χ2n) is 6.06. The molecule has 0 amide bonds. The predicted molar refractivity (Wildman–Crippen MR) is 76.4 cm³/mol. The molecule has 0 aromatic rings. The minimum absolute atomic E-state index is 0.286. The van der Waals surface area contributed by atoms with Crippen molar-refractivity contribution in [2.45, 2.75) is 64.0 Å². The SMILES string of the molecule is CCCN1CCC(N2CCCCC2CC(=O)O)CC1. The maximum atomic E-state index is 11.0. The number of rotatable bonds is 5. The van der Waals surface area contributed by atoms with E-state index in [1.165, 1.54) is 51.7 Å². The predicted octanol–water partition coefficient (Wildman–Crippen LogP) is 2.19. The zero-order chi connectivity index (χ0) is 13.7. The Bertz CT molecular complexity index is 288. The summed E-state index contributed by atoms with van der Waals surface area (Å²) in [6.45, 7) is 6.94. The third-order valence-corrected chi connectivity index (χ3v) is 4.65. The van der Waals surface area contributed by atoms with Gasteiger partial charge in [0.05, 0.1) is 6.42 Å². The number of carboxylic acid groups (broad SMARTS) is 1. The highest BCUT2D eigenvalue weighted by Gasteiger charge is 2.32. The van der Waals surface area contributed by atoms with Crippen LogP contribution in [0, 0.1) is 0 Å². The summed E-state index contributed by atoms with van der Waals surface area (Å²) in [7, 11) is 0. The molecular formula is C15H28N2O2. The van der Waals surface area contributed by atoms with Crippen LogP contribution in [-0.2, 0) is 4.79 Å². The van der Waals surface area contributed by atoms with Gasteiger partial charge < -0.3 is 10.0 Å². The largest absolute Gasteiger partial charge is 0.481 e. The lowest BCUT2D eigenvalue weighted by atomic mass is 9.93. The molecule has 1 unspecified atom stereocenters. The molecule has 0 spiro atoms. The third-order valence-electron chi connectivity index (χ3n) is 4.65. The molecule has 0 aliphatic carbocycles. The Balaban J connectivity index is 1.86. The third kappa shape index (κ3) is 4.18. The molecule has 0 bridgehead atoms. The number of carbonyl (C=O) groups is 1. The summed E-state index contributed by atoms with van der Waals surface area (Å²) in [4.78, 5) is 16.1. The molecule has 4 nitrogen and oxygen atoms in total. The molecule has 2 heterocycles. The smallest absolute Gasteiger partial charge is 0.304 e. The molecule has 2 aliphatic heterocycles. The maximum absolute atomic E-state index is 11.0. The Hall–Kier alpha value is -0.610. The standard InChI is InChI=1S/C15H28N2O2/c1-2-8-16-10-6-13(7-11-16)17-9-4-3-5-14(17)12-15(18)19/h13-14H,2-12H2,1H3,(H,18,19). The molecule has 0 saturated carbocycles. The lowest BCUT2D eigenvalue weighted by molar-refractivity contribution is -0.139. The van der Waals surface area contributed by atoms with E-state index < -0.39 is 5.97 Å². The van der Waals surface area contributed by atoms with Crippen LogP contribution in [0.2, 0.25) is 0 Å². The number of hydrogen-bond acceptors (Lipinski definition) is 3. The van der Waals surface area contributed by atoms with Crippen molar-refractivity contribution in [1.82, 2.24) is 9.80 Å². The van der Waals surface area contributed by atoms with E-state index in [1.54, 1.807) is 0 Å². The Morgan fingerprint density at radius 3 is 2.53 bits per heavy atom. The zero-order valence-electron chi connectivity index (χ0n) is 12.2. The van der Waals surface area contributed by atoms with Gasteiger partial charge in [0, 0.05) is 12.1 Å². The lowest BCUT2D eigenvalue weighted by Crippen LogP contribution is -2.51. The van der Waals surface area contributed by atoms with Crippen LogP contribution in [0.5, 0.6) is 0 Å².